The summed E-state index contributed by atoms with van der Waals surface area (Å²) in [6.45, 7) is 2.33. The van der Waals surface area contributed by atoms with Crippen molar-refractivity contribution in [3.05, 3.63) is 47.5 Å². The number of hydrogen-bond donors (Lipinski definition) is 0. The van der Waals surface area contributed by atoms with Crippen LogP contribution in [0, 0.1) is 35.3 Å². The van der Waals surface area contributed by atoms with Gasteiger partial charge < -0.3 is 0 Å². The number of hydrogen-bond acceptors (Lipinski definition) is 0. The molecule has 0 amide bonds. The second-order valence-corrected chi connectivity index (χ2v) is 8.64. The highest BCUT2D eigenvalue weighted by molar-refractivity contribution is 5.17. The minimum Gasteiger partial charge on any atom is -0.204 e. The van der Waals surface area contributed by atoms with E-state index < -0.39 is 11.6 Å². The lowest BCUT2D eigenvalue weighted by Gasteiger charge is -2.28. The van der Waals surface area contributed by atoms with E-state index in [1.807, 2.05) is 0 Å². The fourth-order valence-electron chi connectivity index (χ4n) is 4.84. The summed E-state index contributed by atoms with van der Waals surface area (Å²) in [5.41, 5.74) is 0.925. The van der Waals surface area contributed by atoms with Crippen molar-refractivity contribution < 1.29 is 8.78 Å². The van der Waals surface area contributed by atoms with Gasteiger partial charge in [-0.1, -0.05) is 31.6 Å². The van der Waals surface area contributed by atoms with Gasteiger partial charge in [-0.25, -0.2) is 8.78 Å². The number of benzene rings is 1. The van der Waals surface area contributed by atoms with Crippen molar-refractivity contribution in [3.8, 4) is 0 Å². The van der Waals surface area contributed by atoms with E-state index in [0.717, 1.165) is 42.1 Å². The molecule has 1 aromatic carbocycles. The van der Waals surface area contributed by atoms with Crippen molar-refractivity contribution in [1.29, 1.82) is 0 Å². The Hall–Kier alpha value is -1.18. The normalized spacial score (nSPS) is 30.0. The SMILES string of the molecule is CC[C@H]1CC[C@H](C=C[C@H]2CC[C@H](CCc3ccc(F)c(F)c3)CC2)CC1. The molecule has 0 saturated heterocycles. The molecule has 0 spiro atoms. The van der Waals surface area contributed by atoms with Crippen LogP contribution in [-0.4, -0.2) is 0 Å². The molecular weight excluding hydrogens is 326 g/mol. The average Bonchev–Trinajstić information content (AvgIpc) is 2.68. The van der Waals surface area contributed by atoms with Crippen LogP contribution in [0.25, 0.3) is 0 Å². The lowest BCUT2D eigenvalue weighted by Crippen LogP contribution is -2.15. The Morgan fingerprint density at radius 1 is 0.808 bits per heavy atom. The number of allylic oxidation sites excluding steroid dienone is 2. The van der Waals surface area contributed by atoms with Crippen LogP contribution in [0.4, 0.5) is 8.78 Å². The zero-order chi connectivity index (χ0) is 18.4. The highest BCUT2D eigenvalue weighted by atomic mass is 19.2. The maximum atomic E-state index is 13.3. The van der Waals surface area contributed by atoms with Gasteiger partial charge in [0, 0.05) is 0 Å². The molecule has 2 saturated carbocycles. The molecule has 0 aromatic heterocycles. The molecule has 0 aliphatic heterocycles. The molecule has 0 atom stereocenters. The lowest BCUT2D eigenvalue weighted by molar-refractivity contribution is 0.289. The highest BCUT2D eigenvalue weighted by Crippen LogP contribution is 2.35. The van der Waals surface area contributed by atoms with E-state index in [2.05, 4.69) is 19.1 Å². The van der Waals surface area contributed by atoms with Gasteiger partial charge in [0.15, 0.2) is 11.6 Å². The molecule has 2 aliphatic carbocycles. The molecule has 2 heteroatoms. The average molecular weight is 361 g/mol. The first kappa shape index (κ1) is 19.6. The van der Waals surface area contributed by atoms with Crippen LogP contribution in [0.5, 0.6) is 0 Å². The fourth-order valence-corrected chi connectivity index (χ4v) is 4.84. The molecule has 2 aliphatic rings. The van der Waals surface area contributed by atoms with Crippen LogP contribution >= 0.6 is 0 Å². The number of aryl methyl sites for hydroxylation is 1. The van der Waals surface area contributed by atoms with Crippen molar-refractivity contribution in [2.24, 2.45) is 23.7 Å². The van der Waals surface area contributed by atoms with E-state index in [-0.39, 0.29) is 0 Å². The molecule has 0 radical (unpaired) electrons. The first-order valence-electron chi connectivity index (χ1n) is 10.8. The van der Waals surface area contributed by atoms with E-state index >= 15 is 0 Å². The Morgan fingerprint density at radius 3 is 1.92 bits per heavy atom. The van der Waals surface area contributed by atoms with Crippen LogP contribution < -0.4 is 0 Å². The van der Waals surface area contributed by atoms with Crippen molar-refractivity contribution in [2.45, 2.75) is 77.6 Å². The Kier molecular flexibility index (Phi) is 7.28. The zero-order valence-corrected chi connectivity index (χ0v) is 16.2. The van der Waals surface area contributed by atoms with E-state index in [4.69, 9.17) is 0 Å². The summed E-state index contributed by atoms with van der Waals surface area (Å²) in [6.07, 6.45) is 19.1. The second-order valence-electron chi connectivity index (χ2n) is 8.64. The molecule has 3 rings (SSSR count). The third kappa shape index (κ3) is 5.66. The van der Waals surface area contributed by atoms with Crippen molar-refractivity contribution >= 4 is 0 Å². The fraction of sp³-hybridized carbons (Fsp3) is 0.667. The zero-order valence-electron chi connectivity index (χ0n) is 16.2. The predicted molar refractivity (Wildman–Crippen MR) is 105 cm³/mol. The van der Waals surface area contributed by atoms with Gasteiger partial charge >= 0.3 is 0 Å². The van der Waals surface area contributed by atoms with Crippen molar-refractivity contribution in [3.63, 3.8) is 0 Å². The van der Waals surface area contributed by atoms with Crippen LogP contribution in [0.3, 0.4) is 0 Å². The molecule has 0 unspecified atom stereocenters. The highest BCUT2D eigenvalue weighted by Gasteiger charge is 2.21. The molecule has 0 N–H and O–H groups in total. The van der Waals surface area contributed by atoms with E-state index in [0.29, 0.717) is 0 Å². The first-order chi connectivity index (χ1) is 12.6. The molecule has 0 nitrogen and oxygen atoms in total. The van der Waals surface area contributed by atoms with Crippen LogP contribution in [0.2, 0.25) is 0 Å². The van der Waals surface area contributed by atoms with Gasteiger partial charge in [-0.2, -0.15) is 0 Å². The van der Waals surface area contributed by atoms with E-state index in [9.17, 15) is 8.78 Å². The standard InChI is InChI=1S/C24H34F2/c1-2-18-3-5-19(6-4-18)7-8-20-9-11-21(12-10-20)13-14-22-15-16-23(25)24(26)17-22/h7-8,15-21H,2-6,9-14H2,1H3/t18-,19-,20-,21-. The summed E-state index contributed by atoms with van der Waals surface area (Å²) in [7, 11) is 0. The molecule has 1 aromatic rings. The van der Waals surface area contributed by atoms with Gasteiger partial charge in [0.25, 0.3) is 0 Å². The number of rotatable bonds is 6. The minimum atomic E-state index is -0.746. The van der Waals surface area contributed by atoms with E-state index in [1.54, 1.807) is 6.07 Å². The Bertz CT molecular complexity index is 576. The summed E-state index contributed by atoms with van der Waals surface area (Å²) in [5, 5.41) is 0. The van der Waals surface area contributed by atoms with E-state index in [1.165, 1.54) is 69.9 Å². The van der Waals surface area contributed by atoms with Crippen LogP contribution in [0.15, 0.2) is 30.4 Å². The third-order valence-electron chi connectivity index (χ3n) is 6.84. The molecular formula is C24H34F2. The number of halogens is 2. The summed E-state index contributed by atoms with van der Waals surface area (Å²) in [4.78, 5) is 0. The van der Waals surface area contributed by atoms with Gasteiger partial charge in [0.2, 0.25) is 0 Å². The molecule has 26 heavy (non-hydrogen) atoms. The predicted octanol–water partition coefficient (Wildman–Crippen LogP) is 7.48. The van der Waals surface area contributed by atoms with Crippen LogP contribution in [0.1, 0.15) is 76.7 Å². The quantitative estimate of drug-likeness (QED) is 0.461. The minimum absolute atomic E-state index is 0.718. The summed E-state index contributed by atoms with van der Waals surface area (Å²) >= 11 is 0. The van der Waals surface area contributed by atoms with Crippen molar-refractivity contribution in [2.75, 3.05) is 0 Å². The first-order valence-corrected chi connectivity index (χ1v) is 10.8. The molecule has 0 heterocycles. The van der Waals surface area contributed by atoms with Gasteiger partial charge in [-0.3, -0.25) is 0 Å². The largest absolute Gasteiger partial charge is 0.204 e. The summed E-state index contributed by atoms with van der Waals surface area (Å²) in [5.74, 6) is 1.84. The second kappa shape index (κ2) is 9.67. The lowest BCUT2D eigenvalue weighted by atomic mass is 9.77. The van der Waals surface area contributed by atoms with Gasteiger partial charge in [-0.15, -0.1) is 0 Å². The Labute approximate surface area is 158 Å². The molecule has 0 bridgehead atoms. The third-order valence-corrected chi connectivity index (χ3v) is 6.84. The topological polar surface area (TPSA) is 0 Å². The molecule has 144 valence electrons. The smallest absolute Gasteiger partial charge is 0.159 e. The van der Waals surface area contributed by atoms with Gasteiger partial charge in [0.1, 0.15) is 0 Å². The van der Waals surface area contributed by atoms with Crippen molar-refractivity contribution in [1.82, 2.24) is 0 Å². The summed E-state index contributed by atoms with van der Waals surface area (Å²) < 4.78 is 26.3. The monoisotopic (exact) mass is 360 g/mol. The Balaban J connectivity index is 1.36. The van der Waals surface area contributed by atoms with Gasteiger partial charge in [0.05, 0.1) is 0 Å². The maximum absolute atomic E-state index is 13.3. The van der Waals surface area contributed by atoms with Gasteiger partial charge in [-0.05, 0) is 106 Å². The summed E-state index contributed by atoms with van der Waals surface area (Å²) in [6, 6.07) is 4.33. The van der Waals surface area contributed by atoms with Crippen LogP contribution in [-0.2, 0) is 6.42 Å². The maximum Gasteiger partial charge on any atom is 0.159 e. The Morgan fingerprint density at radius 2 is 1.38 bits per heavy atom. The molecule has 2 fully saturated rings.